The quantitative estimate of drug-likeness (QED) is 0.688. The summed E-state index contributed by atoms with van der Waals surface area (Å²) in [5.74, 6) is 0.698. The first-order valence-electron chi connectivity index (χ1n) is 7.61. The largest absolute Gasteiger partial charge is 0.491 e. The maximum Gasteiger partial charge on any atom is 0.119 e. The Hall–Kier alpha value is -1.30. The molecule has 5 nitrogen and oxygen atoms in total. The third-order valence-corrected chi connectivity index (χ3v) is 4.08. The Labute approximate surface area is 126 Å². The lowest BCUT2D eigenvalue weighted by Crippen LogP contribution is -2.47. The highest BCUT2D eigenvalue weighted by Gasteiger charge is 2.27. The molecule has 0 heterocycles. The zero-order valence-electron chi connectivity index (χ0n) is 12.6. The molecule has 0 bridgehead atoms. The monoisotopic (exact) mass is 294 g/mol. The SMILES string of the molecule is CN(CC(O)COc1ccc(N)cc1)C1CCCCC1O. The van der Waals surface area contributed by atoms with Gasteiger partial charge in [-0.2, -0.15) is 0 Å². The molecule has 0 saturated heterocycles. The van der Waals surface area contributed by atoms with Gasteiger partial charge in [0, 0.05) is 18.3 Å². The van der Waals surface area contributed by atoms with Crippen molar-refractivity contribution in [1.29, 1.82) is 0 Å². The lowest BCUT2D eigenvalue weighted by atomic mass is 9.91. The Bertz CT molecular complexity index is 424. The zero-order chi connectivity index (χ0) is 15.2. The maximum atomic E-state index is 10.1. The van der Waals surface area contributed by atoms with Gasteiger partial charge in [0.15, 0.2) is 0 Å². The van der Waals surface area contributed by atoms with Crippen LogP contribution in [0.25, 0.3) is 0 Å². The molecule has 4 N–H and O–H groups in total. The molecule has 21 heavy (non-hydrogen) atoms. The Balaban J connectivity index is 1.75. The molecule has 1 aromatic rings. The summed E-state index contributed by atoms with van der Waals surface area (Å²) in [7, 11) is 1.95. The van der Waals surface area contributed by atoms with Crippen LogP contribution in [0.4, 0.5) is 5.69 Å². The molecule has 1 fully saturated rings. The Kier molecular flexibility index (Phi) is 5.85. The second-order valence-electron chi connectivity index (χ2n) is 5.89. The van der Waals surface area contributed by atoms with Gasteiger partial charge in [0.05, 0.1) is 6.10 Å². The number of nitrogens with two attached hydrogens (primary N) is 1. The van der Waals surface area contributed by atoms with Crippen LogP contribution in [0.1, 0.15) is 25.7 Å². The van der Waals surface area contributed by atoms with Gasteiger partial charge in [-0.25, -0.2) is 0 Å². The lowest BCUT2D eigenvalue weighted by molar-refractivity contribution is 0.00206. The van der Waals surface area contributed by atoms with Crippen molar-refractivity contribution in [2.75, 3.05) is 25.9 Å². The minimum absolute atomic E-state index is 0.143. The summed E-state index contributed by atoms with van der Waals surface area (Å²) in [6.07, 6.45) is 3.21. The summed E-state index contributed by atoms with van der Waals surface area (Å²) in [5, 5.41) is 20.1. The second-order valence-corrected chi connectivity index (χ2v) is 5.89. The average Bonchev–Trinajstić information content (AvgIpc) is 2.47. The number of aliphatic hydroxyl groups is 2. The molecular weight excluding hydrogens is 268 g/mol. The first-order valence-corrected chi connectivity index (χ1v) is 7.61. The molecule has 0 radical (unpaired) electrons. The molecule has 1 aromatic carbocycles. The van der Waals surface area contributed by atoms with E-state index in [2.05, 4.69) is 0 Å². The van der Waals surface area contributed by atoms with Crippen LogP contribution >= 0.6 is 0 Å². The number of hydrogen-bond acceptors (Lipinski definition) is 5. The molecule has 1 aliphatic rings. The van der Waals surface area contributed by atoms with Crippen molar-refractivity contribution in [2.24, 2.45) is 0 Å². The van der Waals surface area contributed by atoms with Gasteiger partial charge in [-0.3, -0.25) is 4.90 Å². The van der Waals surface area contributed by atoms with E-state index in [1.807, 2.05) is 11.9 Å². The van der Waals surface area contributed by atoms with E-state index in [1.54, 1.807) is 24.3 Å². The fraction of sp³-hybridized carbons (Fsp3) is 0.625. The molecule has 1 saturated carbocycles. The number of likely N-dealkylation sites (N-methyl/N-ethyl adjacent to an activating group) is 1. The third kappa shape index (κ3) is 4.88. The number of rotatable bonds is 6. The number of benzene rings is 1. The van der Waals surface area contributed by atoms with Crippen molar-refractivity contribution >= 4 is 5.69 Å². The molecule has 1 aliphatic carbocycles. The van der Waals surface area contributed by atoms with Crippen molar-refractivity contribution in [3.63, 3.8) is 0 Å². The van der Waals surface area contributed by atoms with Crippen molar-refractivity contribution in [1.82, 2.24) is 4.90 Å². The van der Waals surface area contributed by atoms with E-state index in [9.17, 15) is 10.2 Å². The first kappa shape index (κ1) is 16.1. The smallest absolute Gasteiger partial charge is 0.119 e. The van der Waals surface area contributed by atoms with E-state index in [1.165, 1.54) is 0 Å². The highest BCUT2D eigenvalue weighted by molar-refractivity contribution is 5.41. The van der Waals surface area contributed by atoms with Crippen molar-refractivity contribution in [3.05, 3.63) is 24.3 Å². The van der Waals surface area contributed by atoms with Crippen LogP contribution in [0.2, 0.25) is 0 Å². The van der Waals surface area contributed by atoms with Crippen molar-refractivity contribution < 1.29 is 14.9 Å². The fourth-order valence-corrected chi connectivity index (χ4v) is 2.88. The molecule has 3 unspecified atom stereocenters. The molecular formula is C16H26N2O3. The minimum Gasteiger partial charge on any atom is -0.491 e. The number of nitrogens with zero attached hydrogens (tertiary/aromatic N) is 1. The van der Waals surface area contributed by atoms with Crippen LogP contribution in [0.15, 0.2) is 24.3 Å². The average molecular weight is 294 g/mol. The van der Waals surface area contributed by atoms with Crippen LogP contribution in [0.3, 0.4) is 0 Å². The Morgan fingerprint density at radius 2 is 1.95 bits per heavy atom. The maximum absolute atomic E-state index is 10.1. The number of anilines is 1. The van der Waals surface area contributed by atoms with Gasteiger partial charge in [0.2, 0.25) is 0 Å². The lowest BCUT2D eigenvalue weighted by Gasteiger charge is -2.36. The summed E-state index contributed by atoms with van der Waals surface area (Å²) in [6.45, 7) is 0.730. The van der Waals surface area contributed by atoms with Gasteiger partial charge in [-0.05, 0) is 44.2 Å². The van der Waals surface area contributed by atoms with Gasteiger partial charge in [0.25, 0.3) is 0 Å². The van der Waals surface area contributed by atoms with Crippen LogP contribution in [-0.2, 0) is 0 Å². The number of hydrogen-bond donors (Lipinski definition) is 3. The molecule has 118 valence electrons. The summed E-state index contributed by atoms with van der Waals surface area (Å²) in [5.41, 5.74) is 6.30. The van der Waals surface area contributed by atoms with Crippen LogP contribution < -0.4 is 10.5 Å². The van der Waals surface area contributed by atoms with E-state index in [-0.39, 0.29) is 18.8 Å². The third-order valence-electron chi connectivity index (χ3n) is 4.08. The molecule has 0 spiro atoms. The molecule has 2 rings (SSSR count). The highest BCUT2D eigenvalue weighted by Crippen LogP contribution is 2.22. The number of aliphatic hydroxyl groups excluding tert-OH is 2. The Morgan fingerprint density at radius 3 is 2.62 bits per heavy atom. The van der Waals surface area contributed by atoms with E-state index in [0.717, 1.165) is 25.7 Å². The predicted molar refractivity (Wildman–Crippen MR) is 83.2 cm³/mol. The van der Waals surface area contributed by atoms with Crippen molar-refractivity contribution in [3.8, 4) is 5.75 Å². The molecule has 3 atom stereocenters. The predicted octanol–water partition coefficient (Wildman–Crippen LogP) is 1.24. The highest BCUT2D eigenvalue weighted by atomic mass is 16.5. The number of ether oxygens (including phenoxy) is 1. The van der Waals surface area contributed by atoms with Crippen LogP contribution in [0, 0.1) is 0 Å². The van der Waals surface area contributed by atoms with Gasteiger partial charge >= 0.3 is 0 Å². The van der Waals surface area contributed by atoms with E-state index in [4.69, 9.17) is 10.5 Å². The van der Waals surface area contributed by atoms with Gasteiger partial charge in [-0.1, -0.05) is 12.8 Å². The molecule has 0 aliphatic heterocycles. The summed E-state index contributed by atoms with van der Waals surface area (Å²) >= 11 is 0. The fourth-order valence-electron chi connectivity index (χ4n) is 2.88. The minimum atomic E-state index is -0.582. The van der Waals surface area contributed by atoms with Crippen LogP contribution in [-0.4, -0.2) is 53.6 Å². The number of nitrogen functional groups attached to an aromatic ring is 1. The van der Waals surface area contributed by atoms with E-state index >= 15 is 0 Å². The summed E-state index contributed by atoms with van der Waals surface area (Å²) in [4.78, 5) is 2.04. The van der Waals surface area contributed by atoms with Crippen LogP contribution in [0.5, 0.6) is 5.75 Å². The Morgan fingerprint density at radius 1 is 1.29 bits per heavy atom. The second kappa shape index (κ2) is 7.64. The van der Waals surface area contributed by atoms with E-state index < -0.39 is 6.10 Å². The normalized spacial score (nSPS) is 24.0. The van der Waals surface area contributed by atoms with Gasteiger partial charge in [-0.15, -0.1) is 0 Å². The van der Waals surface area contributed by atoms with E-state index in [0.29, 0.717) is 18.0 Å². The topological polar surface area (TPSA) is 79.0 Å². The molecule has 0 amide bonds. The standard InChI is InChI=1S/C16H26N2O3/c1-18(15-4-2-3-5-16(15)20)10-13(19)11-21-14-8-6-12(17)7-9-14/h6-9,13,15-16,19-20H,2-5,10-11,17H2,1H3. The van der Waals surface area contributed by atoms with Gasteiger partial charge in [0.1, 0.15) is 18.5 Å². The zero-order valence-corrected chi connectivity index (χ0v) is 12.6. The van der Waals surface area contributed by atoms with Crippen molar-refractivity contribution in [2.45, 2.75) is 43.9 Å². The van der Waals surface area contributed by atoms with Gasteiger partial charge < -0.3 is 20.7 Å². The molecule has 5 heteroatoms. The summed E-state index contributed by atoms with van der Waals surface area (Å²) < 4.78 is 5.54. The molecule has 0 aromatic heterocycles. The first-order chi connectivity index (χ1) is 10.1. The summed E-state index contributed by atoms with van der Waals surface area (Å²) in [6, 6.07) is 7.26.